The van der Waals surface area contributed by atoms with Gasteiger partial charge in [-0.05, 0) is 25.0 Å². The van der Waals surface area contributed by atoms with Crippen LogP contribution in [0.4, 0.5) is 0 Å². The van der Waals surface area contributed by atoms with Crippen LogP contribution in [0.3, 0.4) is 0 Å². The molecule has 0 atom stereocenters. The van der Waals surface area contributed by atoms with Gasteiger partial charge in [0.1, 0.15) is 10.6 Å². The molecule has 0 radical (unpaired) electrons. The second kappa shape index (κ2) is 7.47. The molecule has 2 rings (SSSR count). The molecule has 2 aromatic rings. The van der Waals surface area contributed by atoms with Crippen LogP contribution in [0.25, 0.3) is 0 Å². The second-order valence-corrected chi connectivity index (χ2v) is 6.02. The lowest BCUT2D eigenvalue weighted by atomic mass is 10.2. The minimum atomic E-state index is -0.513. The predicted molar refractivity (Wildman–Crippen MR) is 86.8 cm³/mol. The quantitative estimate of drug-likeness (QED) is 0.515. The van der Waals surface area contributed by atoms with Gasteiger partial charge in [0.25, 0.3) is 0 Å². The van der Waals surface area contributed by atoms with E-state index in [1.807, 2.05) is 24.3 Å². The van der Waals surface area contributed by atoms with Crippen molar-refractivity contribution in [1.29, 1.82) is 0 Å². The maximum atomic E-state index is 11.8. The standard InChI is InChI=1S/C15H15ClN2O3S/c1-9-12(14(19)21-2)13(18-15(20)17-9)22-8-7-10-5-3-4-6-11(10)16/h3-6H,7-8H2,1-2H3,(H,17,18,20). The number of ether oxygens (including phenoxy) is 1. The van der Waals surface area contributed by atoms with Gasteiger partial charge in [0.2, 0.25) is 0 Å². The monoisotopic (exact) mass is 338 g/mol. The van der Waals surface area contributed by atoms with Crippen LogP contribution in [0.2, 0.25) is 5.02 Å². The summed E-state index contributed by atoms with van der Waals surface area (Å²) in [6.07, 6.45) is 0.707. The number of H-pyrrole nitrogens is 1. The van der Waals surface area contributed by atoms with E-state index in [2.05, 4.69) is 9.97 Å². The fourth-order valence-electron chi connectivity index (χ4n) is 1.97. The van der Waals surface area contributed by atoms with Gasteiger partial charge in [-0.3, -0.25) is 0 Å². The Bertz CT molecular complexity index is 746. The van der Waals surface area contributed by atoms with Gasteiger partial charge in [0, 0.05) is 16.5 Å². The molecule has 22 heavy (non-hydrogen) atoms. The van der Waals surface area contributed by atoms with Crippen LogP contribution in [0.1, 0.15) is 21.6 Å². The summed E-state index contributed by atoms with van der Waals surface area (Å²) in [5.74, 6) is 0.130. The van der Waals surface area contributed by atoms with Gasteiger partial charge < -0.3 is 9.72 Å². The Labute approximate surface area is 137 Å². The number of carbonyl (C=O) groups is 1. The average molecular weight is 339 g/mol. The van der Waals surface area contributed by atoms with Crippen LogP contribution in [-0.4, -0.2) is 28.8 Å². The highest BCUT2D eigenvalue weighted by atomic mass is 35.5. The van der Waals surface area contributed by atoms with Gasteiger partial charge >= 0.3 is 11.7 Å². The molecule has 0 saturated carbocycles. The lowest BCUT2D eigenvalue weighted by molar-refractivity contribution is 0.0594. The van der Waals surface area contributed by atoms with E-state index in [-0.39, 0.29) is 0 Å². The van der Waals surface area contributed by atoms with Gasteiger partial charge in [0.05, 0.1) is 7.11 Å². The number of nitrogens with zero attached hydrogens (tertiary/aromatic N) is 1. The van der Waals surface area contributed by atoms with Crippen LogP contribution in [0, 0.1) is 6.92 Å². The van der Waals surface area contributed by atoms with Crippen LogP contribution in [-0.2, 0) is 11.2 Å². The maximum Gasteiger partial charge on any atom is 0.346 e. The van der Waals surface area contributed by atoms with Crippen molar-refractivity contribution in [1.82, 2.24) is 9.97 Å². The van der Waals surface area contributed by atoms with Crippen molar-refractivity contribution < 1.29 is 9.53 Å². The zero-order valence-corrected chi connectivity index (χ0v) is 13.8. The van der Waals surface area contributed by atoms with Crippen LogP contribution in [0.15, 0.2) is 34.1 Å². The summed E-state index contributed by atoms with van der Waals surface area (Å²) in [7, 11) is 1.30. The molecule has 0 saturated heterocycles. The molecule has 0 aliphatic rings. The molecular formula is C15H15ClN2O3S. The summed E-state index contributed by atoms with van der Waals surface area (Å²) in [6, 6.07) is 7.56. The van der Waals surface area contributed by atoms with Gasteiger partial charge in [0.15, 0.2) is 0 Å². The number of nitrogens with one attached hydrogen (secondary N) is 1. The average Bonchev–Trinajstić information content (AvgIpc) is 2.48. The first kappa shape index (κ1) is 16.6. The first-order valence-electron chi connectivity index (χ1n) is 6.58. The fourth-order valence-corrected chi connectivity index (χ4v) is 3.24. The van der Waals surface area contributed by atoms with Gasteiger partial charge in [-0.2, -0.15) is 4.98 Å². The SMILES string of the molecule is COC(=O)c1c(SCCc2ccccc2Cl)nc(=O)[nH]c1C. The van der Waals surface area contributed by atoms with Gasteiger partial charge in [-0.1, -0.05) is 29.8 Å². The van der Waals surface area contributed by atoms with E-state index in [0.717, 1.165) is 5.56 Å². The molecule has 1 aromatic carbocycles. The van der Waals surface area contributed by atoms with E-state index in [0.29, 0.717) is 33.5 Å². The van der Waals surface area contributed by atoms with Crippen molar-refractivity contribution in [2.24, 2.45) is 0 Å². The predicted octanol–water partition coefficient (Wildman–Crippen LogP) is 2.85. The molecule has 116 valence electrons. The van der Waals surface area contributed by atoms with Crippen molar-refractivity contribution in [3.63, 3.8) is 0 Å². The van der Waals surface area contributed by atoms with Crippen LogP contribution >= 0.6 is 23.4 Å². The summed E-state index contributed by atoms with van der Waals surface area (Å²) in [5, 5.41) is 1.08. The summed E-state index contributed by atoms with van der Waals surface area (Å²) < 4.78 is 4.75. The Morgan fingerprint density at radius 1 is 1.41 bits per heavy atom. The number of aromatic amines is 1. The number of aromatic nitrogens is 2. The first-order chi connectivity index (χ1) is 10.5. The summed E-state index contributed by atoms with van der Waals surface area (Å²) in [6.45, 7) is 1.65. The smallest absolute Gasteiger partial charge is 0.346 e. The van der Waals surface area contributed by atoms with Crippen LogP contribution in [0.5, 0.6) is 0 Å². The highest BCUT2D eigenvalue weighted by molar-refractivity contribution is 7.99. The third-order valence-corrected chi connectivity index (χ3v) is 4.39. The van der Waals surface area contributed by atoms with E-state index in [1.165, 1.54) is 18.9 Å². The maximum absolute atomic E-state index is 11.8. The third-order valence-electron chi connectivity index (χ3n) is 3.04. The van der Waals surface area contributed by atoms with E-state index in [4.69, 9.17) is 16.3 Å². The molecule has 0 fully saturated rings. The Kier molecular flexibility index (Phi) is 5.63. The highest BCUT2D eigenvalue weighted by Crippen LogP contribution is 2.24. The number of aryl methyl sites for hydroxylation is 2. The second-order valence-electron chi connectivity index (χ2n) is 4.53. The third kappa shape index (κ3) is 3.90. The molecule has 0 aliphatic carbocycles. The molecule has 0 unspecified atom stereocenters. The van der Waals surface area contributed by atoms with Crippen LogP contribution < -0.4 is 5.69 Å². The normalized spacial score (nSPS) is 10.5. The topological polar surface area (TPSA) is 72.0 Å². The van der Waals surface area contributed by atoms with E-state index < -0.39 is 11.7 Å². The van der Waals surface area contributed by atoms with Gasteiger partial charge in [-0.15, -0.1) is 11.8 Å². The summed E-state index contributed by atoms with van der Waals surface area (Å²) in [4.78, 5) is 29.7. The fraction of sp³-hybridized carbons (Fsp3) is 0.267. The zero-order chi connectivity index (χ0) is 16.1. The molecule has 1 aromatic heterocycles. The van der Waals surface area contributed by atoms with E-state index >= 15 is 0 Å². The number of rotatable bonds is 5. The molecule has 5 nitrogen and oxygen atoms in total. The van der Waals surface area contributed by atoms with Gasteiger partial charge in [-0.25, -0.2) is 9.59 Å². The highest BCUT2D eigenvalue weighted by Gasteiger charge is 2.18. The van der Waals surface area contributed by atoms with E-state index in [9.17, 15) is 9.59 Å². The van der Waals surface area contributed by atoms with E-state index in [1.54, 1.807) is 6.92 Å². The first-order valence-corrected chi connectivity index (χ1v) is 7.94. The molecule has 1 N–H and O–H groups in total. The van der Waals surface area contributed by atoms with Crippen molar-refractivity contribution >= 4 is 29.3 Å². The summed E-state index contributed by atoms with van der Waals surface area (Å²) >= 11 is 7.44. The number of hydrogen-bond acceptors (Lipinski definition) is 5. The minimum absolute atomic E-state index is 0.297. The van der Waals surface area contributed by atoms with Crippen molar-refractivity contribution in [3.8, 4) is 0 Å². The van der Waals surface area contributed by atoms with Crippen molar-refractivity contribution in [2.75, 3.05) is 12.9 Å². The Balaban J connectivity index is 2.17. The largest absolute Gasteiger partial charge is 0.465 e. The molecular weight excluding hydrogens is 324 g/mol. The summed E-state index contributed by atoms with van der Waals surface area (Å²) in [5.41, 5.74) is 1.28. The number of halogens is 1. The minimum Gasteiger partial charge on any atom is -0.465 e. The Morgan fingerprint density at radius 2 is 2.14 bits per heavy atom. The molecule has 1 heterocycles. The number of thioether (sulfide) groups is 1. The molecule has 0 bridgehead atoms. The number of carbonyl (C=O) groups excluding carboxylic acids is 1. The Hall–Kier alpha value is -1.79. The number of methoxy groups -OCH3 is 1. The lowest BCUT2D eigenvalue weighted by Gasteiger charge is -2.09. The molecule has 0 aliphatic heterocycles. The Morgan fingerprint density at radius 3 is 2.82 bits per heavy atom. The molecule has 7 heteroatoms. The van der Waals surface area contributed by atoms with Crippen molar-refractivity contribution in [2.45, 2.75) is 18.4 Å². The lowest BCUT2D eigenvalue weighted by Crippen LogP contribution is -2.19. The number of hydrogen-bond donors (Lipinski definition) is 1. The number of esters is 1. The number of benzene rings is 1. The van der Waals surface area contributed by atoms with Crippen molar-refractivity contribution in [3.05, 3.63) is 56.6 Å². The molecule has 0 amide bonds. The zero-order valence-electron chi connectivity index (χ0n) is 12.2. The molecule has 0 spiro atoms.